The lowest BCUT2D eigenvalue weighted by atomic mass is 9.98. The van der Waals surface area contributed by atoms with Crippen molar-refractivity contribution in [2.45, 2.75) is 83.6 Å². The second-order valence-corrected chi connectivity index (χ2v) is 7.05. The zero-order valence-electron chi connectivity index (χ0n) is 15.4. The third kappa shape index (κ3) is 7.67. The quantitative estimate of drug-likeness (QED) is 0.792. The Morgan fingerprint density at radius 3 is 2.00 bits per heavy atom. The van der Waals surface area contributed by atoms with Crippen LogP contribution in [0.5, 0.6) is 0 Å². The van der Waals surface area contributed by atoms with E-state index in [4.69, 9.17) is 0 Å². The minimum absolute atomic E-state index is 0.100. The maximum absolute atomic E-state index is 12.2. The fourth-order valence-electron chi connectivity index (χ4n) is 3.34. The summed E-state index contributed by atoms with van der Waals surface area (Å²) in [7, 11) is 0. The third-order valence-electron chi connectivity index (χ3n) is 4.78. The number of nitrogens with zero attached hydrogens (tertiary/aromatic N) is 1. The second-order valence-electron chi connectivity index (χ2n) is 7.05. The van der Waals surface area contributed by atoms with E-state index in [1.54, 1.807) is 6.07 Å². The van der Waals surface area contributed by atoms with Gasteiger partial charge in [-0.3, -0.25) is 9.59 Å². The van der Waals surface area contributed by atoms with Crippen molar-refractivity contribution in [1.29, 1.82) is 0 Å². The van der Waals surface area contributed by atoms with E-state index in [0.717, 1.165) is 31.4 Å². The first kappa shape index (κ1) is 19.4. The monoisotopic (exact) mass is 345 g/mol. The number of carbonyl (C=O) groups excluding carboxylic acids is 2. The number of aromatic nitrogens is 1. The smallest absolute Gasteiger partial charge is 0.314 e. The molecule has 138 valence electrons. The number of anilines is 1. The van der Waals surface area contributed by atoms with Gasteiger partial charge in [-0.15, -0.1) is 0 Å². The van der Waals surface area contributed by atoms with Crippen LogP contribution in [0.25, 0.3) is 0 Å². The van der Waals surface area contributed by atoms with E-state index in [1.807, 2.05) is 19.1 Å². The summed E-state index contributed by atoms with van der Waals surface area (Å²) in [5.41, 5.74) is 0.803. The van der Waals surface area contributed by atoms with Crippen LogP contribution in [0, 0.1) is 6.92 Å². The van der Waals surface area contributed by atoms with Crippen LogP contribution < -0.4 is 10.6 Å². The van der Waals surface area contributed by atoms with Crippen LogP contribution in [0.1, 0.15) is 76.3 Å². The molecule has 1 aromatic heterocycles. The molecule has 1 aliphatic rings. The molecule has 0 aromatic carbocycles. The van der Waals surface area contributed by atoms with Crippen LogP contribution in [-0.4, -0.2) is 22.8 Å². The van der Waals surface area contributed by atoms with Crippen LogP contribution in [0.4, 0.5) is 5.82 Å². The molecule has 25 heavy (non-hydrogen) atoms. The Morgan fingerprint density at radius 2 is 1.44 bits per heavy atom. The van der Waals surface area contributed by atoms with Gasteiger partial charge in [-0.1, -0.05) is 63.9 Å². The summed E-state index contributed by atoms with van der Waals surface area (Å²) >= 11 is 0. The molecule has 1 fully saturated rings. The van der Waals surface area contributed by atoms with Crippen molar-refractivity contribution in [2.24, 2.45) is 0 Å². The topological polar surface area (TPSA) is 71.1 Å². The first-order valence-electron chi connectivity index (χ1n) is 9.70. The minimum Gasteiger partial charge on any atom is -0.345 e. The summed E-state index contributed by atoms with van der Waals surface area (Å²) in [6, 6.07) is 5.44. The molecule has 0 atom stereocenters. The van der Waals surface area contributed by atoms with Gasteiger partial charge < -0.3 is 10.6 Å². The van der Waals surface area contributed by atoms with Crippen molar-refractivity contribution in [2.75, 3.05) is 5.32 Å². The van der Waals surface area contributed by atoms with E-state index in [0.29, 0.717) is 5.82 Å². The lowest BCUT2D eigenvalue weighted by molar-refractivity contribution is -0.136. The van der Waals surface area contributed by atoms with Gasteiger partial charge in [0.15, 0.2) is 0 Å². The summed E-state index contributed by atoms with van der Waals surface area (Å²) in [6.45, 7) is 1.85. The highest BCUT2D eigenvalue weighted by atomic mass is 16.2. The number of carbonyl (C=O) groups is 2. The number of rotatable bonds is 2. The van der Waals surface area contributed by atoms with Gasteiger partial charge in [-0.25, -0.2) is 4.98 Å². The molecule has 5 heteroatoms. The molecule has 0 spiro atoms. The fourth-order valence-corrected chi connectivity index (χ4v) is 3.34. The van der Waals surface area contributed by atoms with Gasteiger partial charge in [-0.05, 0) is 31.9 Å². The highest BCUT2D eigenvalue weighted by molar-refractivity contribution is 6.39. The molecule has 2 rings (SSSR count). The van der Waals surface area contributed by atoms with Crippen molar-refractivity contribution in [3.05, 3.63) is 23.9 Å². The molecule has 0 aliphatic heterocycles. The fraction of sp³-hybridized carbons (Fsp3) is 0.650. The van der Waals surface area contributed by atoms with Crippen molar-refractivity contribution >= 4 is 17.6 Å². The van der Waals surface area contributed by atoms with Gasteiger partial charge >= 0.3 is 11.8 Å². The number of nitrogens with one attached hydrogen (secondary N) is 2. The molecule has 2 N–H and O–H groups in total. The summed E-state index contributed by atoms with van der Waals surface area (Å²) in [4.78, 5) is 28.5. The van der Waals surface area contributed by atoms with E-state index >= 15 is 0 Å². The van der Waals surface area contributed by atoms with Crippen LogP contribution in [0.2, 0.25) is 0 Å². The number of pyridine rings is 1. The average Bonchev–Trinajstić information content (AvgIpc) is 2.57. The molecule has 1 aliphatic carbocycles. The zero-order chi connectivity index (χ0) is 17.9. The Labute approximate surface area is 151 Å². The maximum Gasteiger partial charge on any atom is 0.314 e. The lowest BCUT2D eigenvalue weighted by Gasteiger charge is -2.19. The molecule has 1 saturated carbocycles. The Hall–Kier alpha value is -1.91. The zero-order valence-corrected chi connectivity index (χ0v) is 15.4. The summed E-state index contributed by atoms with van der Waals surface area (Å²) in [6.07, 6.45) is 13.1. The Bertz CT molecular complexity index is 548. The van der Waals surface area contributed by atoms with Crippen molar-refractivity contribution in [3.8, 4) is 0 Å². The number of hydrogen-bond acceptors (Lipinski definition) is 3. The lowest BCUT2D eigenvalue weighted by Crippen LogP contribution is -2.42. The normalized spacial score (nSPS) is 17.8. The molecule has 0 bridgehead atoms. The SMILES string of the molecule is Cc1cccc(NC(=O)C(=O)NC2CCCCCCCCCCC2)n1. The standard InChI is InChI=1S/C20H31N3O2/c1-16-12-11-15-18(21-16)23-20(25)19(24)22-17-13-9-7-5-3-2-4-6-8-10-14-17/h11-12,15,17H,2-10,13-14H2,1H3,(H,22,24)(H,21,23,25). The predicted octanol–water partition coefficient (Wildman–Crippen LogP) is 4.12. The van der Waals surface area contributed by atoms with Gasteiger partial charge in [0, 0.05) is 11.7 Å². The first-order valence-corrected chi connectivity index (χ1v) is 9.70. The molecular weight excluding hydrogens is 314 g/mol. The minimum atomic E-state index is -0.635. The maximum atomic E-state index is 12.2. The van der Waals surface area contributed by atoms with Crippen LogP contribution in [-0.2, 0) is 9.59 Å². The Morgan fingerprint density at radius 1 is 0.880 bits per heavy atom. The van der Waals surface area contributed by atoms with Crippen LogP contribution >= 0.6 is 0 Å². The van der Waals surface area contributed by atoms with Gasteiger partial charge in [0.2, 0.25) is 0 Å². The molecule has 2 amide bonds. The molecule has 1 aromatic rings. The largest absolute Gasteiger partial charge is 0.345 e. The van der Waals surface area contributed by atoms with Gasteiger partial charge in [0.1, 0.15) is 5.82 Å². The molecular formula is C20H31N3O2. The number of aryl methyl sites for hydroxylation is 1. The van der Waals surface area contributed by atoms with E-state index in [2.05, 4.69) is 15.6 Å². The van der Waals surface area contributed by atoms with Crippen LogP contribution in [0.3, 0.4) is 0 Å². The summed E-state index contributed by atoms with van der Waals surface area (Å²) in [5, 5.41) is 5.51. The van der Waals surface area contributed by atoms with Crippen molar-refractivity contribution < 1.29 is 9.59 Å². The second kappa shape index (κ2) is 10.9. The number of hydrogen-bond donors (Lipinski definition) is 2. The van der Waals surface area contributed by atoms with E-state index < -0.39 is 11.8 Å². The van der Waals surface area contributed by atoms with Gasteiger partial charge in [-0.2, -0.15) is 0 Å². The summed E-state index contributed by atoms with van der Waals surface area (Å²) < 4.78 is 0. The molecule has 0 unspecified atom stereocenters. The molecule has 0 radical (unpaired) electrons. The third-order valence-corrected chi connectivity index (χ3v) is 4.78. The Balaban J connectivity index is 1.83. The van der Waals surface area contributed by atoms with E-state index in [-0.39, 0.29) is 6.04 Å². The average molecular weight is 345 g/mol. The predicted molar refractivity (Wildman–Crippen MR) is 100 cm³/mol. The Kier molecular flexibility index (Phi) is 8.43. The van der Waals surface area contributed by atoms with Crippen molar-refractivity contribution in [1.82, 2.24) is 10.3 Å². The van der Waals surface area contributed by atoms with E-state index in [1.165, 1.54) is 44.9 Å². The highest BCUT2D eigenvalue weighted by Gasteiger charge is 2.19. The molecule has 5 nitrogen and oxygen atoms in total. The van der Waals surface area contributed by atoms with Crippen LogP contribution in [0.15, 0.2) is 18.2 Å². The van der Waals surface area contributed by atoms with E-state index in [9.17, 15) is 9.59 Å². The number of amides is 2. The van der Waals surface area contributed by atoms with Gasteiger partial charge in [0.25, 0.3) is 0 Å². The summed E-state index contributed by atoms with van der Waals surface area (Å²) in [5.74, 6) is -0.775. The molecule has 0 saturated heterocycles. The van der Waals surface area contributed by atoms with Gasteiger partial charge in [0.05, 0.1) is 0 Å². The molecule has 1 heterocycles. The van der Waals surface area contributed by atoms with Crippen molar-refractivity contribution in [3.63, 3.8) is 0 Å². The first-order chi connectivity index (χ1) is 12.1. The highest BCUT2D eigenvalue weighted by Crippen LogP contribution is 2.17.